The maximum atomic E-state index is 5.68. The number of benzene rings is 1. The van der Waals surface area contributed by atoms with Crippen molar-refractivity contribution in [3.05, 3.63) is 29.1 Å². The van der Waals surface area contributed by atoms with E-state index in [1.807, 2.05) is 18.3 Å². The third-order valence-electron chi connectivity index (χ3n) is 3.81. The van der Waals surface area contributed by atoms with Crippen LogP contribution >= 0.6 is 11.3 Å². The van der Waals surface area contributed by atoms with E-state index < -0.39 is 0 Å². The Balaban J connectivity index is 2.22. The third-order valence-corrected chi connectivity index (χ3v) is 5.03. The molecule has 0 saturated heterocycles. The molecule has 0 radical (unpaired) electrons. The molecule has 1 aromatic carbocycles. The minimum absolute atomic E-state index is 0.717. The first kappa shape index (κ1) is 14.5. The van der Waals surface area contributed by atoms with Crippen molar-refractivity contribution >= 4 is 32.5 Å². The van der Waals surface area contributed by atoms with Crippen LogP contribution in [0.2, 0.25) is 0 Å². The van der Waals surface area contributed by atoms with Gasteiger partial charge in [0.2, 0.25) is 0 Å². The Kier molecular flexibility index (Phi) is 4.20. The van der Waals surface area contributed by atoms with Crippen molar-refractivity contribution in [2.45, 2.75) is 46.6 Å². The first-order valence-corrected chi connectivity index (χ1v) is 8.77. The number of hydrogen-bond donors (Lipinski definition) is 0. The Hall–Kier alpha value is -1.48. The molecule has 112 valence electrons. The molecule has 0 amide bonds. The normalized spacial score (nSPS) is 11.6. The molecular weight excluding hydrogens is 278 g/mol. The summed E-state index contributed by atoms with van der Waals surface area (Å²) in [5.74, 6) is 0.976. The summed E-state index contributed by atoms with van der Waals surface area (Å²) >= 11 is 1.96. The van der Waals surface area contributed by atoms with Crippen LogP contribution in [0.25, 0.3) is 21.1 Å². The van der Waals surface area contributed by atoms with E-state index in [9.17, 15) is 0 Å². The van der Waals surface area contributed by atoms with Gasteiger partial charge in [0, 0.05) is 27.7 Å². The highest BCUT2D eigenvalue weighted by atomic mass is 32.1. The number of rotatable bonds is 6. The minimum Gasteiger partial charge on any atom is -0.494 e. The number of aryl methyl sites for hydroxylation is 2. The fourth-order valence-corrected chi connectivity index (χ4v) is 4.28. The molecule has 0 saturated carbocycles. The summed E-state index contributed by atoms with van der Waals surface area (Å²) in [6.45, 7) is 8.32. The summed E-state index contributed by atoms with van der Waals surface area (Å²) < 4.78 is 8.16. The number of thiophene rings is 1. The number of hydrogen-bond acceptors (Lipinski definition) is 2. The minimum atomic E-state index is 0.717. The molecule has 2 nitrogen and oxygen atoms in total. The van der Waals surface area contributed by atoms with Gasteiger partial charge in [-0.3, -0.25) is 0 Å². The van der Waals surface area contributed by atoms with Crippen LogP contribution in [0, 0.1) is 0 Å². The largest absolute Gasteiger partial charge is 0.494 e. The monoisotopic (exact) mass is 301 g/mol. The van der Waals surface area contributed by atoms with Crippen molar-refractivity contribution in [3.63, 3.8) is 0 Å². The van der Waals surface area contributed by atoms with Crippen molar-refractivity contribution in [3.8, 4) is 5.75 Å². The summed E-state index contributed by atoms with van der Waals surface area (Å²) in [5.41, 5.74) is 1.34. The molecule has 2 aromatic heterocycles. The molecule has 0 aliphatic rings. The van der Waals surface area contributed by atoms with Crippen molar-refractivity contribution in [1.29, 1.82) is 0 Å². The smallest absolute Gasteiger partial charge is 0.120 e. The van der Waals surface area contributed by atoms with Gasteiger partial charge in [0.15, 0.2) is 0 Å². The second-order valence-electron chi connectivity index (χ2n) is 5.45. The number of nitrogens with zero attached hydrogens (tertiary/aromatic N) is 1. The van der Waals surface area contributed by atoms with E-state index in [0.29, 0.717) is 0 Å². The summed E-state index contributed by atoms with van der Waals surface area (Å²) in [5, 5.41) is 2.73. The van der Waals surface area contributed by atoms with Gasteiger partial charge in [-0.05, 0) is 44.0 Å². The van der Waals surface area contributed by atoms with Gasteiger partial charge in [-0.1, -0.05) is 20.3 Å². The fraction of sp³-hybridized carbons (Fsp3) is 0.444. The number of ether oxygens (including phenoxy) is 1. The summed E-state index contributed by atoms with van der Waals surface area (Å²) in [6, 6.07) is 8.89. The highest BCUT2D eigenvalue weighted by molar-refractivity contribution is 7.19. The highest BCUT2D eigenvalue weighted by Gasteiger charge is 2.14. The lowest BCUT2D eigenvalue weighted by atomic mass is 10.2. The van der Waals surface area contributed by atoms with Crippen LogP contribution in [-0.4, -0.2) is 11.2 Å². The van der Waals surface area contributed by atoms with Crippen LogP contribution in [0.4, 0.5) is 0 Å². The predicted molar refractivity (Wildman–Crippen MR) is 92.8 cm³/mol. The second kappa shape index (κ2) is 6.10. The van der Waals surface area contributed by atoms with Gasteiger partial charge in [-0.25, -0.2) is 0 Å². The highest BCUT2D eigenvalue weighted by Crippen LogP contribution is 2.37. The summed E-state index contributed by atoms with van der Waals surface area (Å²) in [6.07, 6.45) is 3.55. The molecule has 0 unspecified atom stereocenters. The predicted octanol–water partition coefficient (Wildman–Crippen LogP) is 5.62. The lowest BCUT2D eigenvalue weighted by molar-refractivity contribution is 0.341. The molecule has 0 atom stereocenters. The van der Waals surface area contributed by atoms with Crippen molar-refractivity contribution in [2.24, 2.45) is 0 Å². The van der Waals surface area contributed by atoms with Crippen LogP contribution in [-0.2, 0) is 13.0 Å². The average Bonchev–Trinajstić information content (AvgIpc) is 2.99. The Labute approximate surface area is 130 Å². The molecule has 3 rings (SSSR count). The van der Waals surface area contributed by atoms with E-state index >= 15 is 0 Å². The topological polar surface area (TPSA) is 14.2 Å². The third kappa shape index (κ3) is 2.55. The molecular formula is C18H23NOS. The molecule has 0 N–H and O–H groups in total. The van der Waals surface area contributed by atoms with E-state index in [4.69, 9.17) is 4.74 Å². The SMILES string of the molecule is CCCc1cc2c3cc(OCC)ccc3n(CCC)c2s1. The van der Waals surface area contributed by atoms with Crippen molar-refractivity contribution < 1.29 is 4.74 Å². The Bertz CT molecular complexity index is 753. The standard InChI is InChI=1S/C18H23NOS/c1-4-7-14-12-16-15-11-13(20-6-3)8-9-17(15)19(10-5-2)18(16)21-14/h8-9,11-12H,4-7,10H2,1-3H3. The molecule has 3 heteroatoms. The van der Waals surface area contributed by atoms with E-state index in [1.165, 1.54) is 38.8 Å². The van der Waals surface area contributed by atoms with Crippen LogP contribution in [0.15, 0.2) is 24.3 Å². The van der Waals surface area contributed by atoms with E-state index in [-0.39, 0.29) is 0 Å². The fourth-order valence-electron chi connectivity index (χ4n) is 2.97. The second-order valence-corrected chi connectivity index (χ2v) is 6.56. The van der Waals surface area contributed by atoms with Gasteiger partial charge in [-0.15, -0.1) is 11.3 Å². The quantitative estimate of drug-likeness (QED) is 0.576. The summed E-state index contributed by atoms with van der Waals surface area (Å²) in [4.78, 5) is 2.92. The van der Waals surface area contributed by atoms with Gasteiger partial charge < -0.3 is 9.30 Å². The lowest BCUT2D eigenvalue weighted by Gasteiger charge is -2.06. The Morgan fingerprint density at radius 3 is 2.62 bits per heavy atom. The van der Waals surface area contributed by atoms with E-state index in [1.54, 1.807) is 0 Å². The zero-order valence-electron chi connectivity index (χ0n) is 13.1. The molecule has 0 aliphatic carbocycles. The van der Waals surface area contributed by atoms with Gasteiger partial charge in [0.05, 0.1) is 6.61 Å². The molecule has 0 spiro atoms. The first-order chi connectivity index (χ1) is 10.3. The average molecular weight is 301 g/mol. The Morgan fingerprint density at radius 2 is 1.90 bits per heavy atom. The van der Waals surface area contributed by atoms with Gasteiger partial charge in [0.25, 0.3) is 0 Å². The molecule has 21 heavy (non-hydrogen) atoms. The van der Waals surface area contributed by atoms with Gasteiger partial charge in [-0.2, -0.15) is 0 Å². The first-order valence-electron chi connectivity index (χ1n) is 7.95. The van der Waals surface area contributed by atoms with Crippen molar-refractivity contribution in [2.75, 3.05) is 6.61 Å². The number of aromatic nitrogens is 1. The summed E-state index contributed by atoms with van der Waals surface area (Å²) in [7, 11) is 0. The van der Waals surface area contributed by atoms with E-state index in [0.717, 1.165) is 25.3 Å². The zero-order chi connectivity index (χ0) is 14.8. The lowest BCUT2D eigenvalue weighted by Crippen LogP contribution is -1.95. The number of fused-ring (bicyclic) bond motifs is 3. The molecule has 0 aliphatic heterocycles. The van der Waals surface area contributed by atoms with Gasteiger partial charge >= 0.3 is 0 Å². The molecule has 0 fully saturated rings. The van der Waals surface area contributed by atoms with Crippen LogP contribution in [0.3, 0.4) is 0 Å². The Morgan fingerprint density at radius 1 is 1.05 bits per heavy atom. The van der Waals surface area contributed by atoms with Crippen LogP contribution in [0.1, 0.15) is 38.5 Å². The van der Waals surface area contributed by atoms with Crippen molar-refractivity contribution in [1.82, 2.24) is 4.57 Å². The van der Waals surface area contributed by atoms with Crippen LogP contribution in [0.5, 0.6) is 5.75 Å². The van der Waals surface area contributed by atoms with E-state index in [2.05, 4.69) is 42.7 Å². The molecule has 0 bridgehead atoms. The molecule has 2 heterocycles. The zero-order valence-corrected chi connectivity index (χ0v) is 13.9. The molecule has 3 aromatic rings. The maximum Gasteiger partial charge on any atom is 0.120 e. The maximum absolute atomic E-state index is 5.68. The van der Waals surface area contributed by atoms with Crippen LogP contribution < -0.4 is 4.74 Å². The van der Waals surface area contributed by atoms with Gasteiger partial charge in [0.1, 0.15) is 10.6 Å².